The van der Waals surface area contributed by atoms with Gasteiger partial charge in [-0.05, 0) is 44.2 Å². The Bertz CT molecular complexity index is 1150. The van der Waals surface area contributed by atoms with Gasteiger partial charge in [0.15, 0.2) is 23.9 Å². The molecule has 3 aromatic rings. The van der Waals surface area contributed by atoms with E-state index in [-0.39, 0.29) is 18.3 Å². The number of carbonyl (C=O) groups is 2. The third-order valence-electron chi connectivity index (χ3n) is 6.26. The molecular formula is C27H31N3O4. The van der Waals surface area contributed by atoms with Crippen molar-refractivity contribution in [2.24, 2.45) is 0 Å². The number of methoxy groups -OCH3 is 1. The first-order chi connectivity index (χ1) is 16.5. The van der Waals surface area contributed by atoms with Gasteiger partial charge in [0.1, 0.15) is 0 Å². The lowest BCUT2D eigenvalue weighted by molar-refractivity contribution is -0.135. The molecule has 1 saturated heterocycles. The first-order valence-corrected chi connectivity index (χ1v) is 11.5. The molecule has 0 saturated carbocycles. The second kappa shape index (κ2) is 10.6. The molecule has 7 heteroatoms. The monoisotopic (exact) mass is 461 g/mol. The van der Waals surface area contributed by atoms with Crippen LogP contribution < -0.4 is 9.47 Å². The van der Waals surface area contributed by atoms with Crippen LogP contribution in [0.5, 0.6) is 11.5 Å². The molecule has 0 aliphatic carbocycles. The third-order valence-corrected chi connectivity index (χ3v) is 6.26. The van der Waals surface area contributed by atoms with E-state index in [0.717, 1.165) is 22.6 Å². The Hall–Kier alpha value is -3.58. The van der Waals surface area contributed by atoms with Crippen LogP contribution in [0, 0.1) is 13.8 Å². The van der Waals surface area contributed by atoms with Gasteiger partial charge in [0.05, 0.1) is 13.7 Å². The van der Waals surface area contributed by atoms with Crippen LogP contribution in [0.25, 0.3) is 5.69 Å². The number of carbonyl (C=O) groups excluding carboxylic acids is 2. The number of benzene rings is 2. The number of hydrogen-bond donors (Lipinski definition) is 0. The predicted molar refractivity (Wildman–Crippen MR) is 131 cm³/mol. The number of ketones is 1. The van der Waals surface area contributed by atoms with E-state index >= 15 is 0 Å². The van der Waals surface area contributed by atoms with Gasteiger partial charge < -0.3 is 18.9 Å². The van der Waals surface area contributed by atoms with E-state index < -0.39 is 0 Å². The molecule has 1 aliphatic rings. The van der Waals surface area contributed by atoms with E-state index in [1.165, 1.54) is 0 Å². The van der Waals surface area contributed by atoms with Gasteiger partial charge in [0.25, 0.3) is 5.91 Å². The Morgan fingerprint density at radius 1 is 0.882 bits per heavy atom. The molecular weight excluding hydrogens is 430 g/mol. The third kappa shape index (κ3) is 5.15. The van der Waals surface area contributed by atoms with Crippen molar-refractivity contribution in [2.45, 2.75) is 13.8 Å². The second-order valence-electron chi connectivity index (χ2n) is 8.48. The van der Waals surface area contributed by atoms with Crippen LogP contribution in [-0.4, -0.2) is 72.5 Å². The number of piperazine rings is 1. The maximum absolute atomic E-state index is 13.1. The molecule has 7 nitrogen and oxygen atoms in total. The van der Waals surface area contributed by atoms with Crippen molar-refractivity contribution in [2.75, 3.05) is 46.4 Å². The lowest BCUT2D eigenvalue weighted by atomic mass is 10.1. The number of nitrogens with zero attached hydrogens (tertiary/aromatic N) is 3. The zero-order valence-corrected chi connectivity index (χ0v) is 20.0. The van der Waals surface area contributed by atoms with E-state index in [9.17, 15) is 9.59 Å². The Morgan fingerprint density at radius 2 is 1.53 bits per heavy atom. The summed E-state index contributed by atoms with van der Waals surface area (Å²) in [5.41, 5.74) is 3.80. The first kappa shape index (κ1) is 23.6. The van der Waals surface area contributed by atoms with Gasteiger partial charge in [-0.2, -0.15) is 0 Å². The van der Waals surface area contributed by atoms with Gasteiger partial charge in [-0.25, -0.2) is 0 Å². The summed E-state index contributed by atoms with van der Waals surface area (Å²) >= 11 is 0. The second-order valence-corrected chi connectivity index (χ2v) is 8.48. The minimum Gasteiger partial charge on any atom is -0.493 e. The van der Waals surface area contributed by atoms with Crippen molar-refractivity contribution in [1.82, 2.24) is 14.4 Å². The van der Waals surface area contributed by atoms with Crippen molar-refractivity contribution < 1.29 is 19.1 Å². The molecule has 178 valence electrons. The number of aryl methyl sites for hydroxylation is 1. The summed E-state index contributed by atoms with van der Waals surface area (Å²) in [4.78, 5) is 29.6. The van der Waals surface area contributed by atoms with Gasteiger partial charge in [-0.3, -0.25) is 14.5 Å². The molecule has 1 aliphatic heterocycles. The van der Waals surface area contributed by atoms with E-state index in [4.69, 9.17) is 9.47 Å². The average molecular weight is 462 g/mol. The first-order valence-electron chi connectivity index (χ1n) is 11.5. The molecule has 0 bridgehead atoms. The van der Waals surface area contributed by atoms with Crippen LogP contribution in [-0.2, 0) is 4.79 Å². The molecule has 1 amide bonds. The fourth-order valence-corrected chi connectivity index (χ4v) is 4.43. The van der Waals surface area contributed by atoms with E-state index in [2.05, 4.69) is 9.47 Å². The standard InChI is InChI=1S/C27H31N3O4/c1-20-17-23(21(2)30(20)22-9-5-4-6-10-22)24(31)18-28-13-15-29(16-14-28)27(32)19-34-26-12-8-7-11-25(26)33-3/h4-12,17H,13-16,18-19H2,1-3H3. The molecule has 4 rings (SSSR count). The Morgan fingerprint density at radius 3 is 2.21 bits per heavy atom. The number of ether oxygens (including phenoxy) is 2. The van der Waals surface area contributed by atoms with Crippen LogP contribution in [0.4, 0.5) is 0 Å². The summed E-state index contributed by atoms with van der Waals surface area (Å²) in [5, 5.41) is 0. The lowest BCUT2D eigenvalue weighted by Crippen LogP contribution is -2.51. The van der Waals surface area contributed by atoms with E-state index in [1.807, 2.05) is 62.4 Å². The van der Waals surface area contributed by atoms with Crippen molar-refractivity contribution in [3.63, 3.8) is 0 Å². The number of amides is 1. The highest BCUT2D eigenvalue weighted by molar-refractivity contribution is 5.99. The Labute approximate surface area is 200 Å². The highest BCUT2D eigenvalue weighted by atomic mass is 16.5. The molecule has 2 aromatic carbocycles. The molecule has 0 N–H and O–H groups in total. The number of hydrogen-bond acceptors (Lipinski definition) is 5. The summed E-state index contributed by atoms with van der Waals surface area (Å²) in [5.74, 6) is 1.19. The van der Waals surface area contributed by atoms with E-state index in [0.29, 0.717) is 44.2 Å². The maximum atomic E-state index is 13.1. The lowest BCUT2D eigenvalue weighted by Gasteiger charge is -2.34. The minimum absolute atomic E-state index is 0.0369. The van der Waals surface area contributed by atoms with Crippen LogP contribution in [0.1, 0.15) is 21.7 Å². The Kier molecular flexibility index (Phi) is 7.33. The van der Waals surface area contributed by atoms with Crippen molar-refractivity contribution in [1.29, 1.82) is 0 Å². The van der Waals surface area contributed by atoms with Crippen molar-refractivity contribution in [3.05, 3.63) is 77.6 Å². The largest absolute Gasteiger partial charge is 0.493 e. The van der Waals surface area contributed by atoms with Crippen molar-refractivity contribution >= 4 is 11.7 Å². The predicted octanol–water partition coefficient (Wildman–Crippen LogP) is 3.51. The van der Waals surface area contributed by atoms with Gasteiger partial charge in [-0.15, -0.1) is 0 Å². The SMILES string of the molecule is COc1ccccc1OCC(=O)N1CCN(CC(=O)c2cc(C)n(-c3ccccc3)c2C)CC1. The maximum Gasteiger partial charge on any atom is 0.260 e. The summed E-state index contributed by atoms with van der Waals surface area (Å²) in [6.45, 7) is 6.78. The molecule has 1 fully saturated rings. The normalized spacial score (nSPS) is 14.1. The zero-order chi connectivity index (χ0) is 24.1. The highest BCUT2D eigenvalue weighted by Crippen LogP contribution is 2.26. The van der Waals surface area contributed by atoms with Gasteiger partial charge in [0, 0.05) is 48.8 Å². The molecule has 2 heterocycles. The number of rotatable bonds is 8. The molecule has 1 aromatic heterocycles. The molecule has 0 unspecified atom stereocenters. The zero-order valence-electron chi connectivity index (χ0n) is 20.0. The molecule has 0 radical (unpaired) electrons. The minimum atomic E-state index is -0.0664. The van der Waals surface area contributed by atoms with Crippen LogP contribution in [0.15, 0.2) is 60.7 Å². The molecule has 0 spiro atoms. The van der Waals surface area contributed by atoms with Gasteiger partial charge in [0.2, 0.25) is 0 Å². The van der Waals surface area contributed by atoms with Crippen LogP contribution >= 0.6 is 0 Å². The topological polar surface area (TPSA) is 64.0 Å². The summed E-state index contributed by atoms with van der Waals surface area (Å²) in [6, 6.07) is 19.3. The summed E-state index contributed by atoms with van der Waals surface area (Å²) in [7, 11) is 1.57. The number of para-hydroxylation sites is 3. The van der Waals surface area contributed by atoms with Crippen molar-refractivity contribution in [3.8, 4) is 17.2 Å². The summed E-state index contributed by atoms with van der Waals surface area (Å²) < 4.78 is 13.0. The van der Waals surface area contributed by atoms with Crippen LogP contribution in [0.3, 0.4) is 0 Å². The number of aromatic nitrogens is 1. The molecule has 0 atom stereocenters. The number of Topliss-reactive ketones (excluding diaryl/α,β-unsaturated/α-hetero) is 1. The quantitative estimate of drug-likeness (QED) is 0.481. The fraction of sp³-hybridized carbons (Fsp3) is 0.333. The Balaban J connectivity index is 1.30. The smallest absolute Gasteiger partial charge is 0.260 e. The van der Waals surface area contributed by atoms with Crippen LogP contribution in [0.2, 0.25) is 0 Å². The van der Waals surface area contributed by atoms with Gasteiger partial charge >= 0.3 is 0 Å². The highest BCUT2D eigenvalue weighted by Gasteiger charge is 2.25. The average Bonchev–Trinajstić information content (AvgIpc) is 3.17. The fourth-order valence-electron chi connectivity index (χ4n) is 4.43. The summed E-state index contributed by atoms with van der Waals surface area (Å²) in [6.07, 6.45) is 0. The van der Waals surface area contributed by atoms with Gasteiger partial charge in [-0.1, -0.05) is 30.3 Å². The molecule has 34 heavy (non-hydrogen) atoms. The van der Waals surface area contributed by atoms with E-state index in [1.54, 1.807) is 24.1 Å².